The number of rotatable bonds is 4. The van der Waals surface area contributed by atoms with Crippen LogP contribution >= 0.6 is 0 Å². The summed E-state index contributed by atoms with van der Waals surface area (Å²) < 4.78 is 15.1. The van der Waals surface area contributed by atoms with E-state index in [1.165, 1.54) is 6.07 Å². The molecular weight excluding hydrogens is 441 g/mol. The number of piperazine rings is 1. The summed E-state index contributed by atoms with van der Waals surface area (Å²) in [7, 11) is 0. The van der Waals surface area contributed by atoms with Crippen molar-refractivity contribution in [1.29, 1.82) is 0 Å². The second-order valence-corrected chi connectivity index (χ2v) is 9.86. The summed E-state index contributed by atoms with van der Waals surface area (Å²) in [6, 6.07) is 1.81. The van der Waals surface area contributed by atoms with Crippen LogP contribution in [0.25, 0.3) is 0 Å². The van der Waals surface area contributed by atoms with Gasteiger partial charge in [0.05, 0.1) is 16.8 Å². The van der Waals surface area contributed by atoms with Crippen molar-refractivity contribution >= 4 is 29.3 Å². The van der Waals surface area contributed by atoms with Crippen molar-refractivity contribution in [3.8, 4) is 0 Å². The first-order valence-electron chi connectivity index (χ1n) is 12.1. The number of amides is 4. The van der Waals surface area contributed by atoms with E-state index in [-0.39, 0.29) is 24.0 Å². The Balaban J connectivity index is 1.27. The highest BCUT2D eigenvalue weighted by molar-refractivity contribution is 6.23. The molecule has 1 aromatic carbocycles. The Bertz CT molecular complexity index is 1030. The molecule has 1 unspecified atom stereocenters. The van der Waals surface area contributed by atoms with Crippen molar-refractivity contribution in [1.82, 2.24) is 15.1 Å². The van der Waals surface area contributed by atoms with E-state index in [4.69, 9.17) is 5.73 Å². The molecule has 2 saturated heterocycles. The molecule has 182 valence electrons. The maximum absolute atomic E-state index is 15.1. The van der Waals surface area contributed by atoms with Crippen LogP contribution in [0.15, 0.2) is 12.1 Å². The minimum absolute atomic E-state index is 0.0370. The minimum Gasteiger partial charge on any atom is -0.367 e. The lowest BCUT2D eigenvalue weighted by molar-refractivity contribution is -0.136. The van der Waals surface area contributed by atoms with Gasteiger partial charge in [-0.3, -0.25) is 34.3 Å². The van der Waals surface area contributed by atoms with Crippen molar-refractivity contribution in [3.63, 3.8) is 0 Å². The van der Waals surface area contributed by atoms with E-state index in [2.05, 4.69) is 10.2 Å². The van der Waals surface area contributed by atoms with Crippen molar-refractivity contribution in [2.24, 2.45) is 11.7 Å². The molecule has 5 rings (SSSR count). The van der Waals surface area contributed by atoms with E-state index in [0.29, 0.717) is 30.7 Å². The molecule has 1 atom stereocenters. The molecule has 1 saturated carbocycles. The van der Waals surface area contributed by atoms with Crippen LogP contribution in [0.2, 0.25) is 0 Å². The van der Waals surface area contributed by atoms with Crippen LogP contribution in [0.1, 0.15) is 59.2 Å². The topological polar surface area (TPSA) is 116 Å². The maximum Gasteiger partial charge on any atom is 0.262 e. The number of nitrogens with zero attached hydrogens (tertiary/aromatic N) is 3. The SMILES string of the molecule is N[C@H]1CC[C@H](CN2CCN(c3cc4c(cc3F)C(=O)N(C3CCC(=O)NC3=O)C4=O)CC2)CC1. The van der Waals surface area contributed by atoms with Gasteiger partial charge in [-0.1, -0.05) is 0 Å². The van der Waals surface area contributed by atoms with Crippen LogP contribution in [0, 0.1) is 11.7 Å². The van der Waals surface area contributed by atoms with Crippen LogP contribution in [-0.2, 0) is 9.59 Å². The zero-order valence-electron chi connectivity index (χ0n) is 19.1. The van der Waals surface area contributed by atoms with Gasteiger partial charge in [-0.2, -0.15) is 0 Å². The zero-order valence-corrected chi connectivity index (χ0v) is 19.1. The molecule has 4 aliphatic rings. The van der Waals surface area contributed by atoms with Gasteiger partial charge in [-0.05, 0) is 50.2 Å². The average Bonchev–Trinajstić information content (AvgIpc) is 3.05. The average molecular weight is 472 g/mol. The Hall–Kier alpha value is -2.85. The fourth-order valence-corrected chi connectivity index (χ4v) is 5.63. The number of anilines is 1. The van der Waals surface area contributed by atoms with Gasteiger partial charge in [0.15, 0.2) is 0 Å². The predicted molar refractivity (Wildman–Crippen MR) is 122 cm³/mol. The minimum atomic E-state index is -1.06. The van der Waals surface area contributed by atoms with Crippen molar-refractivity contribution in [2.45, 2.75) is 50.6 Å². The third kappa shape index (κ3) is 4.20. The molecule has 0 aromatic heterocycles. The van der Waals surface area contributed by atoms with E-state index in [9.17, 15) is 19.2 Å². The van der Waals surface area contributed by atoms with E-state index in [1.807, 2.05) is 4.90 Å². The highest BCUT2D eigenvalue weighted by atomic mass is 19.1. The van der Waals surface area contributed by atoms with Gasteiger partial charge >= 0.3 is 0 Å². The third-order valence-corrected chi connectivity index (χ3v) is 7.63. The molecule has 3 aliphatic heterocycles. The van der Waals surface area contributed by atoms with Crippen LogP contribution in [-0.4, -0.2) is 78.2 Å². The molecule has 3 fully saturated rings. The molecule has 9 nitrogen and oxygen atoms in total. The second kappa shape index (κ2) is 9.07. The number of fused-ring (bicyclic) bond motifs is 1. The lowest BCUT2D eigenvalue weighted by Crippen LogP contribution is -2.54. The number of hydrogen-bond acceptors (Lipinski definition) is 7. The summed E-state index contributed by atoms with van der Waals surface area (Å²) in [6.07, 6.45) is 4.57. The molecule has 0 bridgehead atoms. The maximum atomic E-state index is 15.1. The molecule has 1 aliphatic carbocycles. The highest BCUT2D eigenvalue weighted by Gasteiger charge is 2.45. The van der Waals surface area contributed by atoms with E-state index < -0.39 is 35.5 Å². The number of nitrogens with one attached hydrogen (secondary N) is 1. The number of halogens is 1. The monoisotopic (exact) mass is 471 g/mol. The molecule has 1 aromatic rings. The van der Waals surface area contributed by atoms with Gasteiger partial charge < -0.3 is 10.6 Å². The normalized spacial score (nSPS) is 28.4. The van der Waals surface area contributed by atoms with E-state index >= 15 is 4.39 Å². The lowest BCUT2D eigenvalue weighted by Gasteiger charge is -2.39. The number of carbonyl (C=O) groups excluding carboxylic acids is 4. The van der Waals surface area contributed by atoms with Gasteiger partial charge in [0.25, 0.3) is 11.8 Å². The Morgan fingerprint density at radius 3 is 2.21 bits per heavy atom. The summed E-state index contributed by atoms with van der Waals surface area (Å²) in [4.78, 5) is 54.8. The molecule has 4 amide bonds. The molecular formula is C24H30FN5O4. The summed E-state index contributed by atoms with van der Waals surface area (Å²) in [5.41, 5.74) is 6.38. The fourth-order valence-electron chi connectivity index (χ4n) is 5.63. The molecule has 0 spiro atoms. The first-order chi connectivity index (χ1) is 16.3. The molecule has 0 radical (unpaired) electrons. The first-order valence-corrected chi connectivity index (χ1v) is 12.1. The van der Waals surface area contributed by atoms with Crippen LogP contribution in [0.3, 0.4) is 0 Å². The number of hydrogen-bond donors (Lipinski definition) is 2. The number of imide groups is 2. The van der Waals surface area contributed by atoms with Crippen LogP contribution in [0.5, 0.6) is 0 Å². The Morgan fingerprint density at radius 1 is 0.912 bits per heavy atom. The fraction of sp³-hybridized carbons (Fsp3) is 0.583. The van der Waals surface area contributed by atoms with Gasteiger partial charge in [0.2, 0.25) is 11.8 Å². The van der Waals surface area contributed by atoms with E-state index in [1.54, 1.807) is 0 Å². The Morgan fingerprint density at radius 2 is 1.56 bits per heavy atom. The first kappa shape index (κ1) is 22.9. The Labute approximate surface area is 197 Å². The molecule has 10 heteroatoms. The molecule has 34 heavy (non-hydrogen) atoms. The Kier molecular flexibility index (Phi) is 6.11. The molecule has 3 heterocycles. The predicted octanol–water partition coefficient (Wildman–Crippen LogP) is 0.866. The molecule has 3 N–H and O–H groups in total. The number of benzene rings is 1. The van der Waals surface area contributed by atoms with Gasteiger partial charge in [0, 0.05) is 45.2 Å². The van der Waals surface area contributed by atoms with E-state index in [0.717, 1.165) is 56.3 Å². The number of piperidine rings is 1. The van der Waals surface area contributed by atoms with Gasteiger partial charge in [-0.25, -0.2) is 4.39 Å². The van der Waals surface area contributed by atoms with Crippen molar-refractivity contribution < 1.29 is 23.6 Å². The van der Waals surface area contributed by atoms with Crippen LogP contribution in [0.4, 0.5) is 10.1 Å². The van der Waals surface area contributed by atoms with Crippen LogP contribution < -0.4 is 16.0 Å². The third-order valence-electron chi connectivity index (χ3n) is 7.63. The summed E-state index contributed by atoms with van der Waals surface area (Å²) in [5, 5.41) is 2.17. The van der Waals surface area contributed by atoms with Gasteiger partial charge in [0.1, 0.15) is 11.9 Å². The number of nitrogens with two attached hydrogens (primary N) is 1. The standard InChI is InChI=1S/C24H30FN5O4/c25-18-11-16-17(24(34)30(23(16)33)19-5-6-21(31)27-22(19)32)12-20(18)29-9-7-28(8-10-29)13-14-1-3-15(26)4-2-14/h11-12,14-15,19H,1-10,13,26H2,(H,27,31,32)/t14-,15-,19?. The summed E-state index contributed by atoms with van der Waals surface area (Å²) in [6.45, 7) is 3.88. The second-order valence-electron chi connectivity index (χ2n) is 9.86. The largest absolute Gasteiger partial charge is 0.367 e. The van der Waals surface area contributed by atoms with Crippen molar-refractivity contribution in [2.75, 3.05) is 37.6 Å². The summed E-state index contributed by atoms with van der Waals surface area (Å²) in [5.74, 6) is -2.33. The smallest absolute Gasteiger partial charge is 0.262 e. The highest BCUT2D eigenvalue weighted by Crippen LogP contribution is 2.33. The number of carbonyl (C=O) groups is 4. The summed E-state index contributed by atoms with van der Waals surface area (Å²) >= 11 is 0. The van der Waals surface area contributed by atoms with Crippen molar-refractivity contribution in [3.05, 3.63) is 29.1 Å². The quantitative estimate of drug-likeness (QED) is 0.626. The van der Waals surface area contributed by atoms with Gasteiger partial charge in [-0.15, -0.1) is 0 Å². The lowest BCUT2D eigenvalue weighted by atomic mass is 9.86. The zero-order chi connectivity index (χ0) is 24.0.